The molecule has 13 nitrogen and oxygen atoms in total. The molecule has 0 bridgehead atoms. The molecule has 0 aromatic heterocycles. The van der Waals surface area contributed by atoms with Crippen LogP contribution in [0.3, 0.4) is 0 Å². The Hall–Kier alpha value is -4.00. The zero-order valence-electron chi connectivity index (χ0n) is 27.0. The van der Waals surface area contributed by atoms with Crippen molar-refractivity contribution in [1.82, 2.24) is 20.4 Å². The first-order valence-electron chi connectivity index (χ1n) is 14.7. The van der Waals surface area contributed by atoms with Crippen molar-refractivity contribution < 1.29 is 43.3 Å². The normalized spacial score (nSPS) is 27.2. The highest BCUT2D eigenvalue weighted by Gasteiger charge is 2.42. The zero-order valence-corrected chi connectivity index (χ0v) is 27.0. The molecule has 2 rings (SSSR count). The number of carbonyl (C=O) groups is 6. The molecule has 1 aromatic rings. The van der Waals surface area contributed by atoms with E-state index in [9.17, 15) is 33.9 Å². The van der Waals surface area contributed by atoms with Gasteiger partial charge < -0.3 is 35.0 Å². The van der Waals surface area contributed by atoms with Gasteiger partial charge in [0.2, 0.25) is 17.9 Å². The minimum absolute atomic E-state index is 0.0940. The van der Waals surface area contributed by atoms with Crippen molar-refractivity contribution in [2.45, 2.75) is 103 Å². The number of carbonyl (C=O) groups excluding carboxylic acids is 6. The number of aliphatic hydroxyl groups is 1. The number of esters is 2. The summed E-state index contributed by atoms with van der Waals surface area (Å²) in [7, 11) is 2.75. The van der Waals surface area contributed by atoms with Crippen LogP contribution in [-0.4, -0.2) is 107 Å². The quantitative estimate of drug-likeness (QED) is 0.399. The van der Waals surface area contributed by atoms with Gasteiger partial charge in [-0.2, -0.15) is 0 Å². The van der Waals surface area contributed by atoms with Gasteiger partial charge in [-0.15, -0.1) is 0 Å². The summed E-state index contributed by atoms with van der Waals surface area (Å²) in [6, 6.07) is 4.25. The van der Waals surface area contributed by atoms with Crippen LogP contribution >= 0.6 is 0 Å². The molecule has 3 N–H and O–H groups in total. The molecule has 1 fully saturated rings. The van der Waals surface area contributed by atoms with Crippen LogP contribution in [0.5, 0.6) is 0 Å². The Balaban J connectivity index is 2.58. The van der Waals surface area contributed by atoms with E-state index in [0.29, 0.717) is 0 Å². The number of ether oxygens (including phenoxy) is 2. The maximum absolute atomic E-state index is 13.8. The van der Waals surface area contributed by atoms with Gasteiger partial charge in [0.05, 0.1) is 0 Å². The number of benzene rings is 1. The van der Waals surface area contributed by atoms with Crippen LogP contribution in [0.1, 0.15) is 60.5 Å². The monoisotopic (exact) mass is 618 g/mol. The number of cyclic esters (lactones) is 2. The fraction of sp³-hybridized carbons (Fsp3) is 0.613. The van der Waals surface area contributed by atoms with E-state index in [4.69, 9.17) is 9.47 Å². The SMILES string of the molecule is CC(C)C[C@@H]1OC(=O)[C@H](C)NC(=O)[C@H](C(C)(C)O)OC(=O)[C@H](C)N(C)C(=O)[C@@H](C)NC(=O)[C@@H](Cc2ccccc2)N(C)C1=O. The second kappa shape index (κ2) is 15.1. The fourth-order valence-electron chi connectivity index (χ4n) is 4.60. The van der Waals surface area contributed by atoms with Gasteiger partial charge in [-0.05, 0) is 52.5 Å². The van der Waals surface area contributed by atoms with Gasteiger partial charge in [-0.1, -0.05) is 44.2 Å². The van der Waals surface area contributed by atoms with Crippen LogP contribution < -0.4 is 10.6 Å². The van der Waals surface area contributed by atoms with Gasteiger partial charge in [0, 0.05) is 20.5 Å². The molecular formula is C31H46N4O9. The lowest BCUT2D eigenvalue weighted by Crippen LogP contribution is -2.58. The maximum atomic E-state index is 13.8. The van der Waals surface area contributed by atoms with Gasteiger partial charge in [0.1, 0.15) is 29.8 Å². The number of nitrogens with one attached hydrogen (secondary N) is 2. The summed E-state index contributed by atoms with van der Waals surface area (Å²) in [6.07, 6.45) is -2.84. The number of hydrogen-bond donors (Lipinski definition) is 3. The smallest absolute Gasteiger partial charge is 0.329 e. The first kappa shape index (κ1) is 36.2. The van der Waals surface area contributed by atoms with Crippen molar-refractivity contribution in [3.63, 3.8) is 0 Å². The second-order valence-corrected chi connectivity index (χ2v) is 12.3. The Morgan fingerprint density at radius 2 is 1.39 bits per heavy atom. The first-order chi connectivity index (χ1) is 20.3. The van der Waals surface area contributed by atoms with Gasteiger partial charge in [-0.25, -0.2) is 9.59 Å². The van der Waals surface area contributed by atoms with Crippen LogP contribution in [-0.2, 0) is 44.7 Å². The lowest BCUT2D eigenvalue weighted by Gasteiger charge is -2.34. The summed E-state index contributed by atoms with van der Waals surface area (Å²) < 4.78 is 10.9. The Morgan fingerprint density at radius 1 is 0.818 bits per heavy atom. The third kappa shape index (κ3) is 9.50. The summed E-state index contributed by atoms with van der Waals surface area (Å²) in [6.45, 7) is 10.3. The molecular weight excluding hydrogens is 572 g/mol. The Bertz CT molecular complexity index is 1210. The summed E-state index contributed by atoms with van der Waals surface area (Å²) in [5.41, 5.74) is -1.13. The fourth-order valence-corrected chi connectivity index (χ4v) is 4.60. The summed E-state index contributed by atoms with van der Waals surface area (Å²) in [5.74, 6) is -4.93. The first-order valence-corrected chi connectivity index (χ1v) is 14.7. The highest BCUT2D eigenvalue weighted by Crippen LogP contribution is 2.19. The van der Waals surface area contributed by atoms with Crippen molar-refractivity contribution in [2.24, 2.45) is 5.92 Å². The highest BCUT2D eigenvalue weighted by molar-refractivity contribution is 5.95. The van der Waals surface area contributed by atoms with Crippen LogP contribution in [0.4, 0.5) is 0 Å². The van der Waals surface area contributed by atoms with E-state index >= 15 is 0 Å². The average Bonchev–Trinajstić information content (AvgIpc) is 2.95. The van der Waals surface area contributed by atoms with E-state index < -0.39 is 77.5 Å². The zero-order chi connectivity index (χ0) is 33.5. The van der Waals surface area contributed by atoms with Gasteiger partial charge in [0.25, 0.3) is 11.8 Å². The number of nitrogens with zero attached hydrogens (tertiary/aromatic N) is 2. The molecule has 1 saturated heterocycles. The number of hydrogen-bond acceptors (Lipinski definition) is 9. The third-order valence-corrected chi connectivity index (χ3v) is 7.43. The molecule has 44 heavy (non-hydrogen) atoms. The standard InChI is InChI=1S/C31H46N4O9/c1-17(2)15-23-28(39)35(9)22(16-21-13-11-10-12-14-21)25(36)32-18(3)27(38)34(8)20(5)30(41)44-24(31(6,7)42)26(37)33-19(4)29(40)43-23/h10-14,17-20,22-24,42H,15-16H2,1-9H3,(H,32,36)(H,33,37)/t18-,19+,20+,22-,23+,24-/m1/s1. The van der Waals surface area contributed by atoms with Crippen molar-refractivity contribution in [3.05, 3.63) is 35.9 Å². The molecule has 0 radical (unpaired) electrons. The van der Waals surface area contributed by atoms with Gasteiger partial charge >= 0.3 is 11.9 Å². The molecule has 1 aliphatic rings. The van der Waals surface area contributed by atoms with Crippen LogP contribution in [0.15, 0.2) is 30.3 Å². The van der Waals surface area contributed by atoms with Crippen LogP contribution in [0, 0.1) is 5.92 Å². The Labute approximate surface area is 258 Å². The second-order valence-electron chi connectivity index (χ2n) is 12.3. The minimum Gasteiger partial charge on any atom is -0.451 e. The topological polar surface area (TPSA) is 172 Å². The highest BCUT2D eigenvalue weighted by atomic mass is 16.6. The van der Waals surface area contributed by atoms with E-state index in [-0.39, 0.29) is 18.8 Å². The average molecular weight is 619 g/mol. The van der Waals surface area contributed by atoms with E-state index in [1.807, 2.05) is 19.9 Å². The predicted octanol–water partition coefficient (Wildman–Crippen LogP) is 0.567. The van der Waals surface area contributed by atoms with Crippen molar-refractivity contribution >= 4 is 35.6 Å². The molecule has 4 amide bonds. The number of rotatable bonds is 5. The van der Waals surface area contributed by atoms with Crippen molar-refractivity contribution in [2.75, 3.05) is 14.1 Å². The molecule has 1 heterocycles. The molecule has 1 aliphatic heterocycles. The summed E-state index contributed by atoms with van der Waals surface area (Å²) in [4.78, 5) is 82.3. The molecule has 244 valence electrons. The summed E-state index contributed by atoms with van der Waals surface area (Å²) >= 11 is 0. The predicted molar refractivity (Wildman–Crippen MR) is 160 cm³/mol. The lowest BCUT2D eigenvalue weighted by molar-refractivity contribution is -0.176. The van der Waals surface area contributed by atoms with Crippen molar-refractivity contribution in [1.29, 1.82) is 0 Å². The van der Waals surface area contributed by atoms with E-state index in [1.165, 1.54) is 53.6 Å². The Kier molecular flexibility index (Phi) is 12.4. The maximum Gasteiger partial charge on any atom is 0.329 e. The Morgan fingerprint density at radius 3 is 1.93 bits per heavy atom. The van der Waals surface area contributed by atoms with E-state index in [0.717, 1.165) is 10.5 Å². The van der Waals surface area contributed by atoms with Gasteiger partial charge in [0.15, 0.2) is 6.10 Å². The van der Waals surface area contributed by atoms with Crippen LogP contribution in [0.25, 0.3) is 0 Å². The molecule has 0 unspecified atom stereocenters. The third-order valence-electron chi connectivity index (χ3n) is 7.43. The lowest BCUT2D eigenvalue weighted by atomic mass is 10.00. The molecule has 6 atom stereocenters. The molecule has 13 heteroatoms. The number of likely N-dealkylation sites (N-methyl/N-ethyl adjacent to an activating group) is 2. The van der Waals surface area contributed by atoms with Crippen LogP contribution in [0.2, 0.25) is 0 Å². The van der Waals surface area contributed by atoms with E-state index in [2.05, 4.69) is 10.6 Å². The molecule has 1 aromatic carbocycles. The van der Waals surface area contributed by atoms with Gasteiger partial charge in [-0.3, -0.25) is 19.2 Å². The minimum atomic E-state index is -1.87. The summed E-state index contributed by atoms with van der Waals surface area (Å²) in [5, 5.41) is 15.6. The molecule has 0 saturated carbocycles. The molecule has 0 spiro atoms. The van der Waals surface area contributed by atoms with E-state index in [1.54, 1.807) is 24.3 Å². The van der Waals surface area contributed by atoms with Crippen molar-refractivity contribution in [3.8, 4) is 0 Å². The molecule has 0 aliphatic carbocycles. The largest absolute Gasteiger partial charge is 0.451 e. The number of amides is 4.